The molecule has 1 saturated heterocycles. The van der Waals surface area contributed by atoms with Gasteiger partial charge in [-0.2, -0.15) is 0 Å². The van der Waals surface area contributed by atoms with E-state index >= 15 is 0 Å². The molecule has 0 spiro atoms. The van der Waals surface area contributed by atoms with E-state index in [1.807, 2.05) is 24.3 Å². The summed E-state index contributed by atoms with van der Waals surface area (Å²) in [4.78, 5) is 25.6. The molecular weight excluding hydrogens is 286 g/mol. The number of ketones is 1. The van der Waals surface area contributed by atoms with Gasteiger partial charge in [-0.1, -0.05) is 26.0 Å². The normalized spacial score (nSPS) is 17.1. The Morgan fingerprint density at radius 3 is 2.29 bits per heavy atom. The van der Waals surface area contributed by atoms with Gasteiger partial charge < -0.3 is 4.90 Å². The number of piperidine rings is 1. The first-order chi connectivity index (χ1) is 9.97. The third-order valence-electron chi connectivity index (χ3n) is 3.74. The van der Waals surface area contributed by atoms with Crippen LogP contribution in [-0.4, -0.2) is 39.6 Å². The van der Waals surface area contributed by atoms with Crippen LogP contribution in [0.5, 0.6) is 0 Å². The van der Waals surface area contributed by atoms with Crippen LogP contribution in [0, 0.1) is 0 Å². The van der Waals surface area contributed by atoms with Crippen LogP contribution in [-0.2, 0) is 20.4 Å². The number of hydrogen-bond acceptors (Lipinski definition) is 3. The molecule has 1 aromatic rings. The van der Waals surface area contributed by atoms with E-state index in [9.17, 15) is 13.8 Å². The van der Waals surface area contributed by atoms with E-state index in [2.05, 4.69) is 13.8 Å². The van der Waals surface area contributed by atoms with Gasteiger partial charge in [0.2, 0.25) is 5.91 Å². The quantitative estimate of drug-likeness (QED) is 0.856. The van der Waals surface area contributed by atoms with Crippen molar-refractivity contribution in [3.05, 3.63) is 29.8 Å². The first kappa shape index (κ1) is 15.9. The molecule has 114 valence electrons. The second kappa shape index (κ2) is 6.98. The summed E-state index contributed by atoms with van der Waals surface area (Å²) in [6.45, 7) is 5.13. The maximum Gasteiger partial charge on any atom is 0.235 e. The monoisotopic (exact) mass is 307 g/mol. The molecule has 1 amide bonds. The van der Waals surface area contributed by atoms with Crippen molar-refractivity contribution in [2.24, 2.45) is 0 Å². The molecule has 0 saturated carbocycles. The first-order valence-electron chi connectivity index (χ1n) is 7.25. The SMILES string of the molecule is CC(C)c1ccc(S(=O)CC(=O)N2CCC(=O)CC2)cc1. The minimum Gasteiger partial charge on any atom is -0.341 e. The largest absolute Gasteiger partial charge is 0.341 e. The fraction of sp³-hybridized carbons (Fsp3) is 0.500. The number of hydrogen-bond donors (Lipinski definition) is 0. The van der Waals surface area contributed by atoms with Crippen LogP contribution in [0.1, 0.15) is 38.2 Å². The summed E-state index contributed by atoms with van der Waals surface area (Å²) in [6.07, 6.45) is 0.836. The fourth-order valence-electron chi connectivity index (χ4n) is 2.30. The summed E-state index contributed by atoms with van der Waals surface area (Å²) in [6, 6.07) is 7.58. The molecule has 1 heterocycles. The van der Waals surface area contributed by atoms with Gasteiger partial charge in [-0.3, -0.25) is 13.8 Å². The number of rotatable bonds is 4. The zero-order valence-electron chi connectivity index (χ0n) is 12.5. The van der Waals surface area contributed by atoms with Gasteiger partial charge in [-0.25, -0.2) is 0 Å². The molecular formula is C16H21NO3S. The van der Waals surface area contributed by atoms with Gasteiger partial charge in [0.05, 0.1) is 10.8 Å². The molecule has 0 radical (unpaired) electrons. The van der Waals surface area contributed by atoms with Crippen LogP contribution in [0.4, 0.5) is 0 Å². The summed E-state index contributed by atoms with van der Waals surface area (Å²) in [5.41, 5.74) is 1.19. The van der Waals surface area contributed by atoms with E-state index in [1.54, 1.807) is 4.90 Å². The zero-order chi connectivity index (χ0) is 15.4. The van der Waals surface area contributed by atoms with Crippen molar-refractivity contribution in [1.82, 2.24) is 4.90 Å². The van der Waals surface area contributed by atoms with E-state index in [4.69, 9.17) is 0 Å². The van der Waals surface area contributed by atoms with Crippen LogP contribution < -0.4 is 0 Å². The second-order valence-corrected chi connectivity index (χ2v) is 7.08. The third kappa shape index (κ3) is 4.24. The number of carbonyl (C=O) groups excluding carboxylic acids is 2. The van der Waals surface area contributed by atoms with Gasteiger partial charge >= 0.3 is 0 Å². The minimum absolute atomic E-state index is 0.00475. The van der Waals surface area contributed by atoms with Crippen molar-refractivity contribution in [2.75, 3.05) is 18.8 Å². The summed E-state index contributed by atoms with van der Waals surface area (Å²) >= 11 is 0. The van der Waals surface area contributed by atoms with Gasteiger partial charge in [0.25, 0.3) is 0 Å². The summed E-state index contributed by atoms with van der Waals surface area (Å²) in [5.74, 6) is 0.494. The van der Waals surface area contributed by atoms with Crippen LogP contribution >= 0.6 is 0 Å². The molecule has 0 aliphatic carbocycles. The van der Waals surface area contributed by atoms with Crippen molar-refractivity contribution >= 4 is 22.5 Å². The van der Waals surface area contributed by atoms with E-state index < -0.39 is 10.8 Å². The maximum absolute atomic E-state index is 12.2. The second-order valence-electron chi connectivity index (χ2n) is 5.63. The Morgan fingerprint density at radius 1 is 1.19 bits per heavy atom. The van der Waals surface area contributed by atoms with Crippen LogP contribution in [0.3, 0.4) is 0 Å². The lowest BCUT2D eigenvalue weighted by Gasteiger charge is -2.25. The molecule has 1 atom stereocenters. The van der Waals surface area contributed by atoms with E-state index in [1.165, 1.54) is 5.56 Å². The Bertz CT molecular complexity index is 541. The molecule has 0 aromatic heterocycles. The smallest absolute Gasteiger partial charge is 0.235 e. The Kier molecular flexibility index (Phi) is 5.28. The van der Waals surface area contributed by atoms with Gasteiger partial charge in [0.15, 0.2) is 0 Å². The van der Waals surface area contributed by atoms with Crippen LogP contribution in [0.2, 0.25) is 0 Å². The zero-order valence-corrected chi connectivity index (χ0v) is 13.3. The van der Waals surface area contributed by atoms with Crippen LogP contribution in [0.15, 0.2) is 29.2 Å². The highest BCUT2D eigenvalue weighted by Crippen LogP contribution is 2.17. The molecule has 0 N–H and O–H groups in total. The van der Waals surface area contributed by atoms with Gasteiger partial charge in [-0.15, -0.1) is 0 Å². The third-order valence-corrected chi connectivity index (χ3v) is 5.05. The van der Waals surface area contributed by atoms with Gasteiger partial charge in [0, 0.05) is 30.8 Å². The molecule has 1 fully saturated rings. The highest BCUT2D eigenvalue weighted by atomic mass is 32.2. The molecule has 0 bridgehead atoms. The molecule has 1 aromatic carbocycles. The lowest BCUT2D eigenvalue weighted by molar-refractivity contribution is -0.132. The lowest BCUT2D eigenvalue weighted by Crippen LogP contribution is -2.40. The highest BCUT2D eigenvalue weighted by Gasteiger charge is 2.22. The van der Waals surface area contributed by atoms with E-state index in [0.29, 0.717) is 36.7 Å². The van der Waals surface area contributed by atoms with Gasteiger partial charge in [-0.05, 0) is 23.6 Å². The lowest BCUT2D eigenvalue weighted by atomic mass is 10.0. The molecule has 1 aliphatic heterocycles. The average molecular weight is 307 g/mol. The summed E-state index contributed by atoms with van der Waals surface area (Å²) in [7, 11) is -1.32. The molecule has 2 rings (SSSR count). The molecule has 1 unspecified atom stereocenters. The number of nitrogens with zero attached hydrogens (tertiary/aromatic N) is 1. The van der Waals surface area contributed by atoms with E-state index in [0.717, 1.165) is 0 Å². The minimum atomic E-state index is -1.32. The number of carbonyl (C=O) groups is 2. The number of benzene rings is 1. The predicted octanol–water partition coefficient (Wildman–Crippen LogP) is 2.11. The van der Waals surface area contributed by atoms with Crippen molar-refractivity contribution in [3.63, 3.8) is 0 Å². The molecule has 21 heavy (non-hydrogen) atoms. The van der Waals surface area contributed by atoms with Crippen LogP contribution in [0.25, 0.3) is 0 Å². The first-order valence-corrected chi connectivity index (χ1v) is 8.57. The standard InChI is InChI=1S/C16H21NO3S/c1-12(2)13-3-5-15(6-4-13)21(20)11-16(19)17-9-7-14(18)8-10-17/h3-6,12H,7-11H2,1-2H3. The molecule has 1 aliphatic rings. The van der Waals surface area contributed by atoms with Crippen molar-refractivity contribution in [3.8, 4) is 0 Å². The summed E-state index contributed by atoms with van der Waals surface area (Å²) in [5, 5.41) is 0. The van der Waals surface area contributed by atoms with Crippen molar-refractivity contribution in [2.45, 2.75) is 37.5 Å². The topological polar surface area (TPSA) is 54.5 Å². The Labute approximate surface area is 128 Å². The highest BCUT2D eigenvalue weighted by molar-refractivity contribution is 7.85. The van der Waals surface area contributed by atoms with Crippen molar-refractivity contribution < 1.29 is 13.8 Å². The average Bonchev–Trinajstić information content (AvgIpc) is 2.47. The Morgan fingerprint density at radius 2 is 1.76 bits per heavy atom. The summed E-state index contributed by atoms with van der Waals surface area (Å²) < 4.78 is 12.2. The maximum atomic E-state index is 12.2. The van der Waals surface area contributed by atoms with Gasteiger partial charge in [0.1, 0.15) is 11.5 Å². The van der Waals surface area contributed by atoms with E-state index in [-0.39, 0.29) is 17.4 Å². The number of Topliss-reactive ketones (excluding diaryl/α,β-unsaturated/α-hetero) is 1. The number of amides is 1. The number of likely N-dealkylation sites (tertiary alicyclic amines) is 1. The molecule has 4 nitrogen and oxygen atoms in total. The molecule has 5 heteroatoms. The Hall–Kier alpha value is -1.49. The Balaban J connectivity index is 1.94. The predicted molar refractivity (Wildman–Crippen MR) is 82.6 cm³/mol. The van der Waals surface area contributed by atoms with Crippen molar-refractivity contribution in [1.29, 1.82) is 0 Å². The fourth-order valence-corrected chi connectivity index (χ4v) is 3.31.